The van der Waals surface area contributed by atoms with Crippen molar-refractivity contribution in [2.45, 2.75) is 32.5 Å². The Morgan fingerprint density at radius 2 is 2.20 bits per heavy atom. The van der Waals surface area contributed by atoms with E-state index in [4.69, 9.17) is 10.00 Å². The molecule has 0 spiro atoms. The van der Waals surface area contributed by atoms with Gasteiger partial charge in [-0.1, -0.05) is 0 Å². The fraction of sp³-hybridized carbons (Fsp3) is 0.412. The molecule has 1 fully saturated rings. The lowest BCUT2D eigenvalue weighted by Gasteiger charge is -2.35. The van der Waals surface area contributed by atoms with Gasteiger partial charge in [0.05, 0.1) is 29.9 Å². The molecule has 0 radical (unpaired) electrons. The number of rotatable bonds is 3. The van der Waals surface area contributed by atoms with Crippen molar-refractivity contribution in [2.75, 3.05) is 13.1 Å². The molecular formula is C17H18N4O3S. The number of nitriles is 1. The maximum absolute atomic E-state index is 12.5. The lowest BCUT2D eigenvalue weighted by atomic mass is 10.2. The molecule has 7 nitrogen and oxygen atoms in total. The van der Waals surface area contributed by atoms with Crippen molar-refractivity contribution in [3.05, 3.63) is 28.9 Å². The number of aromatic hydroxyl groups is 1. The van der Waals surface area contributed by atoms with Crippen LogP contribution in [0.15, 0.2) is 17.6 Å². The maximum atomic E-state index is 12.5. The summed E-state index contributed by atoms with van der Waals surface area (Å²) in [6.45, 7) is 5.07. The van der Waals surface area contributed by atoms with E-state index in [9.17, 15) is 9.90 Å². The Balaban J connectivity index is 1.72. The van der Waals surface area contributed by atoms with Crippen LogP contribution in [0.4, 0.5) is 0 Å². The Morgan fingerprint density at radius 1 is 1.48 bits per heavy atom. The molecule has 2 unspecified atom stereocenters. The zero-order chi connectivity index (χ0) is 18.0. The summed E-state index contributed by atoms with van der Waals surface area (Å²) in [4.78, 5) is 22.8. The molecule has 8 heteroatoms. The van der Waals surface area contributed by atoms with Gasteiger partial charge in [-0.05, 0) is 13.8 Å². The smallest absolute Gasteiger partial charge is 0.228 e. The highest BCUT2D eigenvalue weighted by Crippen LogP contribution is 2.30. The predicted octanol–water partition coefficient (Wildman–Crippen LogP) is 1.96. The number of hydrogen-bond acceptors (Lipinski definition) is 7. The zero-order valence-corrected chi connectivity index (χ0v) is 14.8. The van der Waals surface area contributed by atoms with Gasteiger partial charge in [0, 0.05) is 30.7 Å². The van der Waals surface area contributed by atoms with Gasteiger partial charge in [0.1, 0.15) is 22.5 Å². The number of aromatic nitrogens is 2. The summed E-state index contributed by atoms with van der Waals surface area (Å²) < 4.78 is 5.64. The van der Waals surface area contributed by atoms with Gasteiger partial charge in [0.15, 0.2) is 0 Å². The molecule has 1 amide bonds. The van der Waals surface area contributed by atoms with Crippen LogP contribution in [0.3, 0.4) is 0 Å². The number of carbonyl (C=O) groups excluding carboxylic acids is 1. The van der Waals surface area contributed by atoms with Gasteiger partial charge >= 0.3 is 0 Å². The van der Waals surface area contributed by atoms with Crippen molar-refractivity contribution >= 4 is 17.2 Å². The standard InChI is InChI=1S/C17H18N4O3S/c1-10-7-21(8-11(2)24-10)15(23)4-13-9-25-17(20-13)16-14(22)3-12(5-18)6-19-16/h3,6,9-11,22H,4,7-8H2,1-2H3. The molecule has 0 bridgehead atoms. The minimum atomic E-state index is -0.0953. The monoisotopic (exact) mass is 358 g/mol. The van der Waals surface area contributed by atoms with E-state index < -0.39 is 0 Å². The Bertz CT molecular complexity index is 820. The summed E-state index contributed by atoms with van der Waals surface area (Å²) in [6.07, 6.45) is 1.64. The lowest BCUT2D eigenvalue weighted by Crippen LogP contribution is -2.48. The van der Waals surface area contributed by atoms with Gasteiger partial charge in [0.25, 0.3) is 0 Å². The van der Waals surface area contributed by atoms with Crippen LogP contribution >= 0.6 is 11.3 Å². The number of morpholine rings is 1. The van der Waals surface area contributed by atoms with Crippen molar-refractivity contribution in [3.8, 4) is 22.5 Å². The topological polar surface area (TPSA) is 99.3 Å². The minimum Gasteiger partial charge on any atom is -0.506 e. The molecule has 1 aliphatic heterocycles. The van der Waals surface area contributed by atoms with E-state index in [2.05, 4.69) is 9.97 Å². The summed E-state index contributed by atoms with van der Waals surface area (Å²) in [6, 6.07) is 3.27. The lowest BCUT2D eigenvalue weighted by molar-refractivity contribution is -0.142. The van der Waals surface area contributed by atoms with Crippen LogP contribution in [0.2, 0.25) is 0 Å². The normalized spacial score (nSPS) is 20.3. The van der Waals surface area contributed by atoms with E-state index in [1.165, 1.54) is 23.6 Å². The summed E-state index contributed by atoms with van der Waals surface area (Å²) in [7, 11) is 0. The second-order valence-electron chi connectivity index (χ2n) is 6.08. The average molecular weight is 358 g/mol. The second-order valence-corrected chi connectivity index (χ2v) is 6.94. The van der Waals surface area contributed by atoms with Crippen LogP contribution in [0, 0.1) is 11.3 Å². The fourth-order valence-corrected chi connectivity index (χ4v) is 3.65. The average Bonchev–Trinajstić information content (AvgIpc) is 3.01. The fourth-order valence-electron chi connectivity index (χ4n) is 2.82. The molecule has 1 N–H and O–H groups in total. The van der Waals surface area contributed by atoms with E-state index in [1.54, 1.807) is 10.3 Å². The molecule has 2 aromatic heterocycles. The third-order valence-corrected chi connectivity index (χ3v) is 4.75. The molecule has 130 valence electrons. The molecule has 2 aromatic rings. The Labute approximate surface area is 149 Å². The predicted molar refractivity (Wildman–Crippen MR) is 92.0 cm³/mol. The molecular weight excluding hydrogens is 340 g/mol. The SMILES string of the molecule is CC1CN(C(=O)Cc2csc(-c3ncc(C#N)cc3O)n2)CC(C)O1. The second kappa shape index (κ2) is 7.17. The van der Waals surface area contributed by atoms with E-state index in [0.717, 1.165) is 0 Å². The van der Waals surface area contributed by atoms with Gasteiger partial charge in [-0.15, -0.1) is 11.3 Å². The van der Waals surface area contributed by atoms with E-state index in [-0.39, 0.29) is 35.8 Å². The Hall–Kier alpha value is -2.50. The molecule has 0 aromatic carbocycles. The van der Waals surface area contributed by atoms with E-state index in [0.29, 0.717) is 29.5 Å². The molecule has 1 aliphatic rings. The number of pyridine rings is 1. The van der Waals surface area contributed by atoms with Crippen LogP contribution in [-0.4, -0.2) is 51.2 Å². The molecule has 25 heavy (non-hydrogen) atoms. The summed E-state index contributed by atoms with van der Waals surface area (Å²) in [5.74, 6) is -0.0852. The summed E-state index contributed by atoms with van der Waals surface area (Å²) in [5, 5.41) is 21.1. The third kappa shape index (κ3) is 3.95. The van der Waals surface area contributed by atoms with Crippen LogP contribution < -0.4 is 0 Å². The Kier molecular flexibility index (Phi) is 4.97. The highest BCUT2D eigenvalue weighted by Gasteiger charge is 2.26. The van der Waals surface area contributed by atoms with E-state index >= 15 is 0 Å². The minimum absolute atomic E-state index is 0.0101. The van der Waals surface area contributed by atoms with Gasteiger partial charge in [-0.2, -0.15) is 5.26 Å². The first-order chi connectivity index (χ1) is 12.0. The summed E-state index contributed by atoms with van der Waals surface area (Å²) >= 11 is 1.31. The maximum Gasteiger partial charge on any atom is 0.228 e. The van der Waals surface area contributed by atoms with Crippen LogP contribution in [0.25, 0.3) is 10.7 Å². The Morgan fingerprint density at radius 3 is 2.84 bits per heavy atom. The van der Waals surface area contributed by atoms with Crippen LogP contribution in [-0.2, 0) is 16.0 Å². The quantitative estimate of drug-likeness (QED) is 0.900. The van der Waals surface area contributed by atoms with Crippen molar-refractivity contribution in [1.82, 2.24) is 14.9 Å². The number of ether oxygens (including phenoxy) is 1. The molecule has 0 aliphatic carbocycles. The molecule has 3 rings (SSSR count). The highest BCUT2D eigenvalue weighted by atomic mass is 32.1. The zero-order valence-electron chi connectivity index (χ0n) is 14.0. The number of nitrogens with zero attached hydrogens (tertiary/aromatic N) is 4. The van der Waals surface area contributed by atoms with Crippen LogP contribution in [0.1, 0.15) is 25.1 Å². The van der Waals surface area contributed by atoms with Crippen LogP contribution in [0.5, 0.6) is 5.75 Å². The molecule has 1 saturated heterocycles. The first-order valence-electron chi connectivity index (χ1n) is 7.93. The van der Waals surface area contributed by atoms with Gasteiger partial charge in [-0.3, -0.25) is 4.79 Å². The van der Waals surface area contributed by atoms with Crippen molar-refractivity contribution in [3.63, 3.8) is 0 Å². The number of hydrogen-bond donors (Lipinski definition) is 1. The highest BCUT2D eigenvalue weighted by molar-refractivity contribution is 7.13. The number of thiazole rings is 1. The molecule has 2 atom stereocenters. The molecule has 0 saturated carbocycles. The number of amides is 1. The van der Waals surface area contributed by atoms with E-state index in [1.807, 2.05) is 19.9 Å². The van der Waals surface area contributed by atoms with Gasteiger partial charge < -0.3 is 14.7 Å². The number of carbonyl (C=O) groups is 1. The summed E-state index contributed by atoms with van der Waals surface area (Å²) in [5.41, 5.74) is 1.24. The van der Waals surface area contributed by atoms with Gasteiger partial charge in [0.2, 0.25) is 5.91 Å². The third-order valence-electron chi connectivity index (χ3n) is 3.86. The van der Waals surface area contributed by atoms with Crippen molar-refractivity contribution in [2.24, 2.45) is 0 Å². The largest absolute Gasteiger partial charge is 0.506 e. The first kappa shape index (κ1) is 17.3. The first-order valence-corrected chi connectivity index (χ1v) is 8.81. The van der Waals surface area contributed by atoms with Crippen molar-refractivity contribution < 1.29 is 14.6 Å². The van der Waals surface area contributed by atoms with Crippen molar-refractivity contribution in [1.29, 1.82) is 5.26 Å². The van der Waals surface area contributed by atoms with Gasteiger partial charge in [-0.25, -0.2) is 9.97 Å². The molecule has 3 heterocycles.